The molecule has 0 bridgehead atoms. The molecular formula is C6H6F2N2O. The van der Waals surface area contributed by atoms with E-state index in [0.29, 0.717) is 0 Å². The number of hydrogen-bond acceptors (Lipinski definition) is 3. The quantitative estimate of drug-likeness (QED) is 0.651. The predicted octanol–water partition coefficient (Wildman–Crippen LogP) is 1.31. The number of hydrogen-bond donors (Lipinski definition) is 2. The van der Waals surface area contributed by atoms with Gasteiger partial charge in [-0.2, -0.15) is 0 Å². The van der Waals surface area contributed by atoms with Crippen LogP contribution in [0.4, 0.5) is 14.5 Å². The summed E-state index contributed by atoms with van der Waals surface area (Å²) in [5.74, 6) is -0.569. The topological polar surface area (TPSA) is 59.1 Å². The lowest BCUT2D eigenvalue weighted by molar-refractivity contribution is 0.142. The summed E-state index contributed by atoms with van der Waals surface area (Å²) in [6.07, 6.45) is -1.70. The normalized spacial score (nSPS) is 10.5. The molecule has 0 atom stereocenters. The summed E-state index contributed by atoms with van der Waals surface area (Å²) in [4.78, 5) is 3.25. The van der Waals surface area contributed by atoms with Crippen molar-refractivity contribution in [1.29, 1.82) is 0 Å². The number of rotatable bonds is 1. The molecule has 5 heteroatoms. The molecule has 0 aromatic carbocycles. The summed E-state index contributed by atoms with van der Waals surface area (Å²) in [5, 5.41) is 8.84. The molecule has 0 radical (unpaired) electrons. The fourth-order valence-electron chi connectivity index (χ4n) is 0.647. The smallest absolute Gasteiger partial charge is 0.284 e. The zero-order valence-corrected chi connectivity index (χ0v) is 5.46. The molecule has 0 saturated heterocycles. The lowest BCUT2D eigenvalue weighted by Crippen LogP contribution is -1.93. The Morgan fingerprint density at radius 3 is 2.64 bits per heavy atom. The number of halogens is 2. The average molecular weight is 160 g/mol. The minimum atomic E-state index is -2.77. The van der Waals surface area contributed by atoms with Crippen LogP contribution < -0.4 is 5.73 Å². The molecule has 3 nitrogen and oxygen atoms in total. The minimum Gasteiger partial charge on any atom is -0.506 e. The van der Waals surface area contributed by atoms with Gasteiger partial charge in [0.2, 0.25) is 0 Å². The molecule has 3 N–H and O–H groups in total. The summed E-state index contributed by atoms with van der Waals surface area (Å²) in [6.45, 7) is 0. The van der Waals surface area contributed by atoms with Crippen LogP contribution in [0.5, 0.6) is 5.75 Å². The number of aromatic hydroxyl groups is 1. The molecule has 1 rings (SSSR count). The highest BCUT2D eigenvalue weighted by Crippen LogP contribution is 2.26. The van der Waals surface area contributed by atoms with Crippen molar-refractivity contribution in [2.24, 2.45) is 0 Å². The highest BCUT2D eigenvalue weighted by Gasteiger charge is 2.13. The second kappa shape index (κ2) is 2.69. The van der Waals surface area contributed by atoms with Crippen LogP contribution in [0.15, 0.2) is 12.3 Å². The molecule has 0 saturated carbocycles. The van der Waals surface area contributed by atoms with Crippen molar-refractivity contribution < 1.29 is 13.9 Å². The first-order chi connectivity index (χ1) is 5.11. The van der Waals surface area contributed by atoms with Crippen molar-refractivity contribution in [3.05, 3.63) is 18.0 Å². The van der Waals surface area contributed by atoms with Crippen LogP contribution in [0.2, 0.25) is 0 Å². The third-order valence-electron chi connectivity index (χ3n) is 1.13. The number of nitrogen functional groups attached to an aromatic ring is 1. The number of anilines is 1. The van der Waals surface area contributed by atoms with Crippen LogP contribution in [0.1, 0.15) is 12.1 Å². The summed E-state index contributed by atoms with van der Waals surface area (Å²) >= 11 is 0. The molecule has 11 heavy (non-hydrogen) atoms. The van der Waals surface area contributed by atoms with E-state index in [1.165, 1.54) is 0 Å². The third kappa shape index (κ3) is 1.54. The van der Waals surface area contributed by atoms with Crippen LogP contribution in [0.25, 0.3) is 0 Å². The molecule has 0 unspecified atom stereocenters. The van der Waals surface area contributed by atoms with Gasteiger partial charge >= 0.3 is 0 Å². The van der Waals surface area contributed by atoms with E-state index in [4.69, 9.17) is 10.8 Å². The van der Waals surface area contributed by atoms with Gasteiger partial charge in [-0.15, -0.1) is 0 Å². The fourth-order valence-corrected chi connectivity index (χ4v) is 0.647. The van der Waals surface area contributed by atoms with Gasteiger partial charge in [0.1, 0.15) is 11.4 Å². The molecule has 1 aromatic rings. The molecule has 60 valence electrons. The molecule has 0 fully saturated rings. The Bertz CT molecular complexity index is 265. The Balaban J connectivity index is 3.09. The number of pyridine rings is 1. The van der Waals surface area contributed by atoms with E-state index in [2.05, 4.69) is 4.98 Å². The third-order valence-corrected chi connectivity index (χ3v) is 1.13. The van der Waals surface area contributed by atoms with Gasteiger partial charge in [0.05, 0.1) is 11.9 Å². The van der Waals surface area contributed by atoms with E-state index in [-0.39, 0.29) is 5.69 Å². The number of alkyl halides is 2. The van der Waals surface area contributed by atoms with Crippen molar-refractivity contribution in [1.82, 2.24) is 4.98 Å². The second-order valence-electron chi connectivity index (χ2n) is 1.97. The lowest BCUT2D eigenvalue weighted by atomic mass is 10.3. The average Bonchev–Trinajstić information content (AvgIpc) is 1.85. The van der Waals surface area contributed by atoms with Gasteiger partial charge in [-0.3, -0.25) is 0 Å². The van der Waals surface area contributed by atoms with Crippen LogP contribution in [0.3, 0.4) is 0 Å². The first kappa shape index (κ1) is 7.71. The first-order valence-electron chi connectivity index (χ1n) is 2.84. The van der Waals surface area contributed by atoms with Crippen molar-refractivity contribution in [3.8, 4) is 5.75 Å². The Labute approximate surface area is 61.5 Å². The van der Waals surface area contributed by atoms with Gasteiger partial charge in [0.25, 0.3) is 6.43 Å². The van der Waals surface area contributed by atoms with Gasteiger partial charge in [0, 0.05) is 6.07 Å². The Morgan fingerprint density at radius 1 is 1.55 bits per heavy atom. The van der Waals surface area contributed by atoms with Crippen LogP contribution in [0, 0.1) is 0 Å². The zero-order chi connectivity index (χ0) is 8.43. The van der Waals surface area contributed by atoms with Crippen LogP contribution in [-0.4, -0.2) is 10.1 Å². The predicted molar refractivity (Wildman–Crippen MR) is 35.3 cm³/mol. The highest BCUT2D eigenvalue weighted by molar-refractivity contribution is 5.43. The van der Waals surface area contributed by atoms with Crippen molar-refractivity contribution in [2.45, 2.75) is 6.43 Å². The number of nitrogens with two attached hydrogens (primary N) is 1. The number of nitrogens with zero attached hydrogens (tertiary/aromatic N) is 1. The molecular weight excluding hydrogens is 154 g/mol. The van der Waals surface area contributed by atoms with Crippen LogP contribution in [-0.2, 0) is 0 Å². The molecule has 1 heterocycles. The Morgan fingerprint density at radius 2 is 2.18 bits per heavy atom. The summed E-state index contributed by atoms with van der Waals surface area (Å²) in [5.41, 5.74) is 4.68. The maximum Gasteiger partial charge on any atom is 0.284 e. The summed E-state index contributed by atoms with van der Waals surface area (Å²) < 4.78 is 23.8. The minimum absolute atomic E-state index is 0.159. The van der Waals surface area contributed by atoms with Crippen molar-refractivity contribution >= 4 is 5.69 Å². The first-order valence-corrected chi connectivity index (χ1v) is 2.84. The van der Waals surface area contributed by atoms with E-state index in [0.717, 1.165) is 12.3 Å². The Kier molecular flexibility index (Phi) is 1.89. The molecule has 0 amide bonds. The zero-order valence-electron chi connectivity index (χ0n) is 5.46. The summed E-state index contributed by atoms with van der Waals surface area (Å²) in [6, 6.07) is 1.04. The van der Waals surface area contributed by atoms with Crippen LogP contribution >= 0.6 is 0 Å². The number of aromatic nitrogens is 1. The standard InChI is InChI=1S/C6H6F2N2O/c7-6(8)5-4(11)1-3(9)2-10-5/h1-2,6,11H,9H2. The van der Waals surface area contributed by atoms with Gasteiger partial charge < -0.3 is 10.8 Å². The van der Waals surface area contributed by atoms with E-state index in [1.807, 2.05) is 0 Å². The van der Waals surface area contributed by atoms with E-state index < -0.39 is 17.9 Å². The second-order valence-corrected chi connectivity index (χ2v) is 1.97. The van der Waals surface area contributed by atoms with Gasteiger partial charge in [-0.25, -0.2) is 13.8 Å². The monoisotopic (exact) mass is 160 g/mol. The molecule has 1 aromatic heterocycles. The van der Waals surface area contributed by atoms with Gasteiger partial charge in [-0.05, 0) is 0 Å². The molecule has 0 aliphatic carbocycles. The van der Waals surface area contributed by atoms with Crippen molar-refractivity contribution in [3.63, 3.8) is 0 Å². The lowest BCUT2D eigenvalue weighted by Gasteiger charge is -2.01. The molecule has 0 aliphatic rings. The van der Waals surface area contributed by atoms with Gasteiger partial charge in [-0.1, -0.05) is 0 Å². The van der Waals surface area contributed by atoms with Gasteiger partial charge in [0.15, 0.2) is 0 Å². The SMILES string of the molecule is Nc1cnc(C(F)F)c(O)c1. The van der Waals surface area contributed by atoms with E-state index in [1.54, 1.807) is 0 Å². The van der Waals surface area contributed by atoms with E-state index in [9.17, 15) is 8.78 Å². The fraction of sp³-hybridized carbons (Fsp3) is 0.167. The maximum atomic E-state index is 11.9. The van der Waals surface area contributed by atoms with Crippen molar-refractivity contribution in [2.75, 3.05) is 5.73 Å². The summed E-state index contributed by atoms with van der Waals surface area (Å²) in [7, 11) is 0. The largest absolute Gasteiger partial charge is 0.506 e. The molecule has 0 aliphatic heterocycles. The maximum absolute atomic E-state index is 11.9. The Hall–Kier alpha value is -1.39. The highest BCUT2D eigenvalue weighted by atomic mass is 19.3. The molecule has 0 spiro atoms. The van der Waals surface area contributed by atoms with E-state index >= 15 is 0 Å².